The summed E-state index contributed by atoms with van der Waals surface area (Å²) in [5.74, 6) is -1.39. The number of carbonyl (C=O) groups is 2. The van der Waals surface area contributed by atoms with Gasteiger partial charge in [-0.15, -0.1) is 0 Å². The number of thiocarbonyl (C=S) groups is 1. The molecule has 0 saturated carbocycles. The van der Waals surface area contributed by atoms with Crippen LogP contribution < -0.4 is 9.47 Å². The van der Waals surface area contributed by atoms with E-state index in [4.69, 9.17) is 26.8 Å². The molecule has 128 valence electrons. The number of carbonyl (C=O) groups excluding carboxylic acids is 1. The van der Waals surface area contributed by atoms with Crippen LogP contribution in [0, 0.1) is 0 Å². The molecule has 0 radical (unpaired) electrons. The smallest absolute Gasteiger partial charge is 0.326 e. The summed E-state index contributed by atoms with van der Waals surface area (Å²) in [6.07, 6.45) is 1.54. The lowest BCUT2D eigenvalue weighted by atomic mass is 10.1. The number of ether oxygens (including phenoxy) is 2. The van der Waals surface area contributed by atoms with Gasteiger partial charge < -0.3 is 19.7 Å². The Morgan fingerprint density at radius 2 is 1.88 bits per heavy atom. The van der Waals surface area contributed by atoms with Gasteiger partial charge in [0.1, 0.15) is 10.4 Å². The van der Waals surface area contributed by atoms with E-state index in [1.165, 1.54) is 33.3 Å². The molecule has 0 bridgehead atoms. The fourth-order valence-electron chi connectivity index (χ4n) is 2.07. The molecule has 0 spiro atoms. The lowest BCUT2D eigenvalue weighted by molar-refractivity contribution is -0.144. The van der Waals surface area contributed by atoms with Crippen molar-refractivity contribution in [2.45, 2.75) is 13.0 Å². The number of benzene rings is 1. The SMILES string of the molecule is COc1cc(/C=C2\SC(=S)N(C(C)C(=O)O)C2=O)cc(OC)c1O. The largest absolute Gasteiger partial charge is 0.502 e. The van der Waals surface area contributed by atoms with Crippen molar-refractivity contribution in [3.8, 4) is 17.2 Å². The first-order valence-electron chi connectivity index (χ1n) is 6.75. The maximum Gasteiger partial charge on any atom is 0.326 e. The average molecular weight is 369 g/mol. The number of phenols is 1. The summed E-state index contributed by atoms with van der Waals surface area (Å²) in [7, 11) is 2.79. The normalized spacial score (nSPS) is 17.3. The van der Waals surface area contributed by atoms with Crippen LogP contribution in [0.2, 0.25) is 0 Å². The molecule has 2 rings (SSSR count). The molecule has 9 heteroatoms. The first-order valence-corrected chi connectivity index (χ1v) is 7.97. The maximum absolute atomic E-state index is 12.4. The van der Waals surface area contributed by atoms with Crippen LogP contribution in [0.1, 0.15) is 12.5 Å². The molecule has 24 heavy (non-hydrogen) atoms. The van der Waals surface area contributed by atoms with E-state index in [2.05, 4.69) is 0 Å². The van der Waals surface area contributed by atoms with Crippen LogP contribution in [0.5, 0.6) is 17.2 Å². The number of rotatable bonds is 5. The summed E-state index contributed by atoms with van der Waals surface area (Å²) in [6, 6.07) is 2.02. The summed E-state index contributed by atoms with van der Waals surface area (Å²) in [6.45, 7) is 1.39. The van der Waals surface area contributed by atoms with Gasteiger partial charge in [0, 0.05) is 0 Å². The maximum atomic E-state index is 12.4. The molecule has 1 aromatic carbocycles. The Morgan fingerprint density at radius 1 is 1.33 bits per heavy atom. The van der Waals surface area contributed by atoms with Crippen molar-refractivity contribution in [3.05, 3.63) is 22.6 Å². The number of amides is 1. The highest BCUT2D eigenvalue weighted by Gasteiger charge is 2.38. The van der Waals surface area contributed by atoms with Gasteiger partial charge in [-0.05, 0) is 30.7 Å². The third-order valence-electron chi connectivity index (χ3n) is 3.37. The van der Waals surface area contributed by atoms with E-state index < -0.39 is 17.9 Å². The van der Waals surface area contributed by atoms with Crippen LogP contribution in [0.4, 0.5) is 0 Å². The fraction of sp³-hybridized carbons (Fsp3) is 0.267. The third kappa shape index (κ3) is 3.31. The van der Waals surface area contributed by atoms with Crippen molar-refractivity contribution in [2.75, 3.05) is 14.2 Å². The van der Waals surface area contributed by atoms with E-state index in [0.29, 0.717) is 5.56 Å². The highest BCUT2D eigenvalue weighted by atomic mass is 32.2. The van der Waals surface area contributed by atoms with Gasteiger partial charge in [-0.3, -0.25) is 9.69 Å². The quantitative estimate of drug-likeness (QED) is 0.602. The van der Waals surface area contributed by atoms with Crippen LogP contribution >= 0.6 is 24.0 Å². The molecule has 1 amide bonds. The Kier molecular flexibility index (Phi) is 5.35. The molecule has 2 N–H and O–H groups in total. The van der Waals surface area contributed by atoms with Gasteiger partial charge in [-0.1, -0.05) is 24.0 Å². The minimum Gasteiger partial charge on any atom is -0.502 e. The number of nitrogens with zero attached hydrogens (tertiary/aromatic N) is 1. The van der Waals surface area contributed by atoms with Crippen LogP contribution in [-0.2, 0) is 9.59 Å². The molecule has 1 atom stereocenters. The van der Waals surface area contributed by atoms with Crippen LogP contribution in [0.25, 0.3) is 6.08 Å². The summed E-state index contributed by atoms with van der Waals surface area (Å²) < 4.78 is 10.3. The molecule has 7 nitrogen and oxygen atoms in total. The highest BCUT2D eigenvalue weighted by molar-refractivity contribution is 8.26. The van der Waals surface area contributed by atoms with E-state index in [1.807, 2.05) is 0 Å². The van der Waals surface area contributed by atoms with E-state index >= 15 is 0 Å². The summed E-state index contributed by atoms with van der Waals surface area (Å²) in [5, 5.41) is 19.0. The lowest BCUT2D eigenvalue weighted by Crippen LogP contribution is -2.41. The Bertz CT molecular complexity index is 720. The topological polar surface area (TPSA) is 96.3 Å². The van der Waals surface area contributed by atoms with E-state index in [1.54, 1.807) is 6.08 Å². The number of aromatic hydroxyl groups is 1. The Balaban J connectivity index is 2.41. The zero-order valence-corrected chi connectivity index (χ0v) is 14.7. The van der Waals surface area contributed by atoms with Crippen molar-refractivity contribution in [2.24, 2.45) is 0 Å². The lowest BCUT2D eigenvalue weighted by Gasteiger charge is -2.18. The number of carboxylic acid groups (broad SMARTS) is 1. The Morgan fingerprint density at radius 3 is 2.33 bits per heavy atom. The van der Waals surface area contributed by atoms with E-state index in [0.717, 1.165) is 16.7 Å². The van der Waals surface area contributed by atoms with Gasteiger partial charge in [0.2, 0.25) is 5.75 Å². The van der Waals surface area contributed by atoms with Crippen molar-refractivity contribution in [3.63, 3.8) is 0 Å². The number of thioether (sulfide) groups is 1. The Hall–Kier alpha value is -2.26. The molecule has 1 aliphatic rings. The molecule has 0 aliphatic carbocycles. The summed E-state index contributed by atoms with van der Waals surface area (Å²) in [5.41, 5.74) is 0.546. The van der Waals surface area contributed by atoms with Gasteiger partial charge in [-0.2, -0.15) is 0 Å². The third-order valence-corrected chi connectivity index (χ3v) is 4.70. The number of hydrogen-bond acceptors (Lipinski definition) is 7. The van der Waals surface area contributed by atoms with E-state index in [9.17, 15) is 14.7 Å². The van der Waals surface area contributed by atoms with E-state index in [-0.39, 0.29) is 26.5 Å². The number of methoxy groups -OCH3 is 2. The zero-order valence-electron chi connectivity index (χ0n) is 13.1. The molecule has 0 aromatic heterocycles. The number of aliphatic carboxylic acids is 1. The monoisotopic (exact) mass is 369 g/mol. The second-order valence-corrected chi connectivity index (χ2v) is 6.52. The molecule has 1 heterocycles. The second-order valence-electron chi connectivity index (χ2n) is 4.84. The van der Waals surface area contributed by atoms with Gasteiger partial charge in [-0.25, -0.2) is 4.79 Å². The van der Waals surface area contributed by atoms with Crippen molar-refractivity contribution in [1.29, 1.82) is 0 Å². The number of carboxylic acids is 1. The minimum absolute atomic E-state index is 0.149. The molecule has 1 saturated heterocycles. The molecule has 1 aromatic rings. The molecule has 1 fully saturated rings. The predicted molar refractivity (Wildman–Crippen MR) is 93.3 cm³/mol. The molecular weight excluding hydrogens is 354 g/mol. The van der Waals surface area contributed by atoms with Gasteiger partial charge >= 0.3 is 5.97 Å². The highest BCUT2D eigenvalue weighted by Crippen LogP contribution is 2.39. The average Bonchev–Trinajstić information content (AvgIpc) is 2.81. The van der Waals surface area contributed by atoms with Crippen molar-refractivity contribution in [1.82, 2.24) is 4.90 Å². The molecule has 1 unspecified atom stereocenters. The van der Waals surface area contributed by atoms with Gasteiger partial charge in [0.15, 0.2) is 11.5 Å². The molecule has 1 aliphatic heterocycles. The van der Waals surface area contributed by atoms with Crippen LogP contribution in [0.15, 0.2) is 17.0 Å². The summed E-state index contributed by atoms with van der Waals surface area (Å²) in [4.78, 5) is 24.9. The molecular formula is C15H15NO6S2. The van der Waals surface area contributed by atoms with Crippen LogP contribution in [0.3, 0.4) is 0 Å². The van der Waals surface area contributed by atoms with Crippen molar-refractivity contribution < 1.29 is 29.3 Å². The summed E-state index contributed by atoms with van der Waals surface area (Å²) >= 11 is 6.11. The first kappa shape index (κ1) is 18.1. The fourth-order valence-corrected chi connectivity index (χ4v) is 3.49. The first-order chi connectivity index (χ1) is 11.3. The predicted octanol–water partition coefficient (Wildman–Crippen LogP) is 2.08. The second kappa shape index (κ2) is 7.10. The van der Waals surface area contributed by atoms with Crippen molar-refractivity contribution >= 4 is 46.3 Å². The zero-order chi connectivity index (χ0) is 18.0. The van der Waals surface area contributed by atoms with Gasteiger partial charge in [0.05, 0.1) is 19.1 Å². The van der Waals surface area contributed by atoms with Crippen LogP contribution in [-0.4, -0.2) is 51.6 Å². The number of hydrogen-bond donors (Lipinski definition) is 2. The standard InChI is InChI=1S/C15H15NO6S2/c1-7(14(19)20)16-13(18)11(24-15(16)23)6-8-4-9(21-2)12(17)10(5-8)22-3/h4-7,17H,1-3H3,(H,19,20)/b11-6-. The number of phenolic OH excluding ortho intramolecular Hbond substituents is 1. The minimum atomic E-state index is -1.14. The van der Waals surface area contributed by atoms with Gasteiger partial charge in [0.25, 0.3) is 5.91 Å². The Labute approximate surface area is 147 Å².